The SMILES string of the molecule is COc1ccc(C(=O)OCc2ccc(F)cc2Br)c(OC)c1. The Kier molecular flexibility index (Phi) is 5.38. The lowest BCUT2D eigenvalue weighted by Gasteiger charge is -2.11. The van der Waals surface area contributed by atoms with Crippen LogP contribution in [0.2, 0.25) is 0 Å². The summed E-state index contributed by atoms with van der Waals surface area (Å²) < 4.78 is 29.0. The average Bonchev–Trinajstić information content (AvgIpc) is 2.53. The van der Waals surface area contributed by atoms with E-state index in [9.17, 15) is 9.18 Å². The number of benzene rings is 2. The minimum Gasteiger partial charge on any atom is -0.497 e. The molecule has 0 spiro atoms. The van der Waals surface area contributed by atoms with Crippen LogP contribution in [0, 0.1) is 5.82 Å². The second-order valence-corrected chi connectivity index (χ2v) is 5.23. The van der Waals surface area contributed by atoms with Crippen LogP contribution in [0.5, 0.6) is 11.5 Å². The van der Waals surface area contributed by atoms with Gasteiger partial charge in [-0.15, -0.1) is 0 Å². The molecule has 0 aromatic heterocycles. The van der Waals surface area contributed by atoms with E-state index in [1.807, 2.05) is 0 Å². The van der Waals surface area contributed by atoms with Gasteiger partial charge < -0.3 is 14.2 Å². The van der Waals surface area contributed by atoms with E-state index in [-0.39, 0.29) is 12.4 Å². The van der Waals surface area contributed by atoms with Gasteiger partial charge in [-0.2, -0.15) is 0 Å². The van der Waals surface area contributed by atoms with Gasteiger partial charge in [0, 0.05) is 16.1 Å². The fourth-order valence-electron chi connectivity index (χ4n) is 1.83. The highest BCUT2D eigenvalue weighted by molar-refractivity contribution is 9.10. The maximum atomic E-state index is 13.0. The summed E-state index contributed by atoms with van der Waals surface area (Å²) in [4.78, 5) is 12.1. The van der Waals surface area contributed by atoms with Gasteiger partial charge in [-0.1, -0.05) is 22.0 Å². The van der Waals surface area contributed by atoms with Gasteiger partial charge in [0.25, 0.3) is 0 Å². The number of methoxy groups -OCH3 is 2. The first-order chi connectivity index (χ1) is 10.5. The minimum atomic E-state index is -0.532. The van der Waals surface area contributed by atoms with Crippen LogP contribution in [0.3, 0.4) is 0 Å². The molecule has 0 amide bonds. The lowest BCUT2D eigenvalue weighted by Crippen LogP contribution is -2.07. The van der Waals surface area contributed by atoms with Gasteiger partial charge in [0.15, 0.2) is 0 Å². The Morgan fingerprint density at radius 1 is 1.14 bits per heavy atom. The van der Waals surface area contributed by atoms with Crippen molar-refractivity contribution in [2.75, 3.05) is 14.2 Å². The summed E-state index contributed by atoms with van der Waals surface area (Å²) in [5.74, 6) is 0.0479. The largest absolute Gasteiger partial charge is 0.497 e. The molecule has 2 aromatic rings. The van der Waals surface area contributed by atoms with Crippen LogP contribution in [0.15, 0.2) is 40.9 Å². The van der Waals surface area contributed by atoms with Gasteiger partial charge in [-0.05, 0) is 24.3 Å². The van der Waals surface area contributed by atoms with E-state index in [0.29, 0.717) is 27.1 Å². The van der Waals surface area contributed by atoms with Crippen LogP contribution in [-0.2, 0) is 11.3 Å². The molecule has 0 saturated carbocycles. The molecule has 0 aliphatic carbocycles. The van der Waals surface area contributed by atoms with Crippen LogP contribution in [0.1, 0.15) is 15.9 Å². The highest BCUT2D eigenvalue weighted by Gasteiger charge is 2.15. The maximum absolute atomic E-state index is 13.0. The number of hydrogen-bond acceptors (Lipinski definition) is 4. The quantitative estimate of drug-likeness (QED) is 0.749. The van der Waals surface area contributed by atoms with Crippen molar-refractivity contribution < 1.29 is 23.4 Å². The van der Waals surface area contributed by atoms with E-state index in [0.717, 1.165) is 0 Å². The molecule has 116 valence electrons. The third kappa shape index (κ3) is 3.76. The van der Waals surface area contributed by atoms with E-state index in [1.165, 1.54) is 26.4 Å². The van der Waals surface area contributed by atoms with Gasteiger partial charge in [0.2, 0.25) is 0 Å². The predicted octanol–water partition coefficient (Wildman–Crippen LogP) is 3.96. The number of esters is 1. The van der Waals surface area contributed by atoms with E-state index in [2.05, 4.69) is 15.9 Å². The van der Waals surface area contributed by atoms with Crippen LogP contribution >= 0.6 is 15.9 Å². The maximum Gasteiger partial charge on any atom is 0.342 e. The molecule has 6 heteroatoms. The highest BCUT2D eigenvalue weighted by atomic mass is 79.9. The molecule has 0 aliphatic rings. The second kappa shape index (κ2) is 7.26. The highest BCUT2D eigenvalue weighted by Crippen LogP contribution is 2.26. The zero-order valence-electron chi connectivity index (χ0n) is 12.1. The van der Waals surface area contributed by atoms with Crippen LogP contribution in [-0.4, -0.2) is 20.2 Å². The normalized spacial score (nSPS) is 10.2. The zero-order valence-corrected chi connectivity index (χ0v) is 13.6. The van der Waals surface area contributed by atoms with Crippen molar-refractivity contribution in [3.63, 3.8) is 0 Å². The molecule has 0 radical (unpaired) electrons. The number of ether oxygens (including phenoxy) is 3. The van der Waals surface area contributed by atoms with E-state index in [4.69, 9.17) is 14.2 Å². The minimum absolute atomic E-state index is 0.0227. The molecule has 0 aliphatic heterocycles. The van der Waals surface area contributed by atoms with Gasteiger partial charge in [0.05, 0.1) is 14.2 Å². The molecule has 0 atom stereocenters. The summed E-state index contributed by atoms with van der Waals surface area (Å²) in [5.41, 5.74) is 0.962. The summed E-state index contributed by atoms with van der Waals surface area (Å²) in [6.07, 6.45) is 0. The molecule has 0 N–H and O–H groups in total. The van der Waals surface area contributed by atoms with E-state index in [1.54, 1.807) is 24.3 Å². The third-order valence-corrected chi connectivity index (χ3v) is 3.74. The van der Waals surface area contributed by atoms with Gasteiger partial charge in [-0.25, -0.2) is 9.18 Å². The van der Waals surface area contributed by atoms with Crippen molar-refractivity contribution in [3.8, 4) is 11.5 Å². The van der Waals surface area contributed by atoms with Crippen LogP contribution in [0.25, 0.3) is 0 Å². The Hall–Kier alpha value is -2.08. The fraction of sp³-hybridized carbons (Fsp3) is 0.188. The lowest BCUT2D eigenvalue weighted by atomic mass is 10.2. The molecule has 0 bridgehead atoms. The van der Waals surface area contributed by atoms with Crippen molar-refractivity contribution in [3.05, 3.63) is 57.8 Å². The fourth-order valence-corrected chi connectivity index (χ4v) is 2.29. The number of carbonyl (C=O) groups excluding carboxylic acids is 1. The molecule has 0 heterocycles. The number of rotatable bonds is 5. The Morgan fingerprint density at radius 2 is 1.91 bits per heavy atom. The molecule has 0 fully saturated rings. The Labute approximate surface area is 135 Å². The van der Waals surface area contributed by atoms with Crippen molar-refractivity contribution in [1.29, 1.82) is 0 Å². The third-order valence-electron chi connectivity index (χ3n) is 3.00. The number of halogens is 2. The molecule has 0 unspecified atom stereocenters. The first-order valence-electron chi connectivity index (χ1n) is 6.38. The molecular formula is C16H14BrFO4. The standard InChI is InChI=1S/C16H14BrFO4/c1-20-12-5-6-13(15(8-12)21-2)16(19)22-9-10-3-4-11(18)7-14(10)17/h3-8H,9H2,1-2H3. The van der Waals surface area contributed by atoms with Gasteiger partial charge in [-0.3, -0.25) is 0 Å². The number of carbonyl (C=O) groups is 1. The monoisotopic (exact) mass is 368 g/mol. The van der Waals surface area contributed by atoms with Crippen molar-refractivity contribution >= 4 is 21.9 Å². The van der Waals surface area contributed by atoms with E-state index >= 15 is 0 Å². The molecular weight excluding hydrogens is 355 g/mol. The van der Waals surface area contributed by atoms with E-state index < -0.39 is 5.97 Å². The van der Waals surface area contributed by atoms with Gasteiger partial charge in [0.1, 0.15) is 29.5 Å². The topological polar surface area (TPSA) is 44.8 Å². The molecule has 2 aromatic carbocycles. The van der Waals surface area contributed by atoms with Crippen LogP contribution in [0.4, 0.5) is 4.39 Å². The summed E-state index contributed by atoms with van der Waals surface area (Å²) >= 11 is 3.23. The van der Waals surface area contributed by atoms with Crippen molar-refractivity contribution in [1.82, 2.24) is 0 Å². The molecule has 2 rings (SSSR count). The molecule has 22 heavy (non-hydrogen) atoms. The van der Waals surface area contributed by atoms with Crippen molar-refractivity contribution in [2.24, 2.45) is 0 Å². The van der Waals surface area contributed by atoms with Crippen LogP contribution < -0.4 is 9.47 Å². The first kappa shape index (κ1) is 16.3. The summed E-state index contributed by atoms with van der Waals surface area (Å²) in [6, 6.07) is 8.99. The molecule has 4 nitrogen and oxygen atoms in total. The predicted molar refractivity (Wildman–Crippen MR) is 82.8 cm³/mol. The smallest absolute Gasteiger partial charge is 0.342 e. The summed E-state index contributed by atoms with van der Waals surface area (Å²) in [7, 11) is 2.99. The zero-order chi connectivity index (χ0) is 16.1. The average molecular weight is 369 g/mol. The Bertz CT molecular complexity index is 688. The van der Waals surface area contributed by atoms with Crippen molar-refractivity contribution in [2.45, 2.75) is 6.61 Å². The number of hydrogen-bond donors (Lipinski definition) is 0. The summed E-state index contributed by atoms with van der Waals surface area (Å²) in [5, 5.41) is 0. The summed E-state index contributed by atoms with van der Waals surface area (Å²) in [6.45, 7) is 0.0227. The van der Waals surface area contributed by atoms with Gasteiger partial charge >= 0.3 is 5.97 Å². The Balaban J connectivity index is 2.12. The molecule has 0 saturated heterocycles. The Morgan fingerprint density at radius 3 is 2.55 bits per heavy atom. The second-order valence-electron chi connectivity index (χ2n) is 4.38. The first-order valence-corrected chi connectivity index (χ1v) is 7.17. The lowest BCUT2D eigenvalue weighted by molar-refractivity contribution is 0.0468.